The lowest BCUT2D eigenvalue weighted by Crippen LogP contribution is -2.45. The summed E-state index contributed by atoms with van der Waals surface area (Å²) >= 11 is 0. The predicted molar refractivity (Wildman–Crippen MR) is 115 cm³/mol. The maximum atomic E-state index is 13.8. The van der Waals surface area contributed by atoms with Crippen LogP contribution in [0.3, 0.4) is 0 Å². The summed E-state index contributed by atoms with van der Waals surface area (Å²) in [5.74, 6) is 0.108. The van der Waals surface area contributed by atoms with Gasteiger partial charge in [0.05, 0.1) is 12.0 Å². The fourth-order valence-corrected chi connectivity index (χ4v) is 5.78. The van der Waals surface area contributed by atoms with Gasteiger partial charge in [-0.3, -0.25) is 24.3 Å². The van der Waals surface area contributed by atoms with Crippen molar-refractivity contribution in [1.82, 2.24) is 14.8 Å². The standard InChI is InChI=1S/C25H27N3O3/c1-17-4-2-3-5-21(17)25(13-22(29)27-16-19-6-7-20(27)12-19)14-23(30)28(24(25)31)15-18-8-10-26-11-9-18/h2-5,8-11,19-20H,6-7,12-16H2,1H3/t19-,20-,25+/m1/s1. The Kier molecular flexibility index (Phi) is 4.88. The van der Waals surface area contributed by atoms with E-state index >= 15 is 0 Å². The number of piperidine rings is 1. The monoisotopic (exact) mass is 417 g/mol. The van der Waals surface area contributed by atoms with Gasteiger partial charge in [-0.2, -0.15) is 0 Å². The van der Waals surface area contributed by atoms with Gasteiger partial charge in [0.1, 0.15) is 0 Å². The van der Waals surface area contributed by atoms with E-state index in [0.29, 0.717) is 12.0 Å². The second-order valence-corrected chi connectivity index (χ2v) is 9.27. The molecule has 6 nitrogen and oxygen atoms in total. The SMILES string of the molecule is Cc1ccccc1[C@]1(CC(=O)N2C[C@@H]3CC[C@@H]2C3)CC(=O)N(Cc2ccncc2)C1=O. The summed E-state index contributed by atoms with van der Waals surface area (Å²) in [7, 11) is 0. The first-order valence-electron chi connectivity index (χ1n) is 11.1. The molecular weight excluding hydrogens is 390 g/mol. The molecule has 2 aliphatic heterocycles. The first kappa shape index (κ1) is 19.9. The van der Waals surface area contributed by atoms with Crippen LogP contribution in [0.5, 0.6) is 0 Å². The molecule has 0 N–H and O–H groups in total. The van der Waals surface area contributed by atoms with Crippen LogP contribution in [0.4, 0.5) is 0 Å². The molecule has 0 unspecified atom stereocenters. The highest BCUT2D eigenvalue weighted by Crippen LogP contribution is 2.44. The van der Waals surface area contributed by atoms with Crippen molar-refractivity contribution >= 4 is 17.7 Å². The van der Waals surface area contributed by atoms with Crippen molar-refractivity contribution in [3.63, 3.8) is 0 Å². The molecule has 0 spiro atoms. The minimum atomic E-state index is -1.13. The summed E-state index contributed by atoms with van der Waals surface area (Å²) in [5, 5.41) is 0. The van der Waals surface area contributed by atoms with Crippen LogP contribution in [-0.4, -0.2) is 45.1 Å². The average Bonchev–Trinajstić information content (AvgIpc) is 3.46. The van der Waals surface area contributed by atoms with E-state index in [2.05, 4.69) is 4.98 Å². The van der Waals surface area contributed by atoms with Crippen LogP contribution in [-0.2, 0) is 26.3 Å². The number of nitrogens with zero attached hydrogens (tertiary/aromatic N) is 3. The zero-order valence-electron chi connectivity index (χ0n) is 17.8. The Bertz CT molecular complexity index is 1040. The van der Waals surface area contributed by atoms with E-state index < -0.39 is 5.41 Å². The number of amides is 3. The van der Waals surface area contributed by atoms with Crippen LogP contribution in [0.25, 0.3) is 0 Å². The Balaban J connectivity index is 1.49. The van der Waals surface area contributed by atoms with E-state index in [-0.39, 0.29) is 37.1 Å². The lowest BCUT2D eigenvalue weighted by molar-refractivity contribution is -0.143. The number of carbonyl (C=O) groups is 3. The molecule has 2 bridgehead atoms. The first-order chi connectivity index (χ1) is 15.0. The van der Waals surface area contributed by atoms with Gasteiger partial charge in [-0.25, -0.2) is 0 Å². The number of pyridine rings is 1. The van der Waals surface area contributed by atoms with Crippen molar-refractivity contribution in [1.29, 1.82) is 0 Å². The predicted octanol–water partition coefficient (Wildman–Crippen LogP) is 2.99. The highest BCUT2D eigenvalue weighted by molar-refractivity contribution is 6.10. The lowest BCUT2D eigenvalue weighted by Gasteiger charge is -2.33. The van der Waals surface area contributed by atoms with Crippen LogP contribution in [0.15, 0.2) is 48.8 Å². The molecule has 3 aliphatic rings. The summed E-state index contributed by atoms with van der Waals surface area (Å²) < 4.78 is 0. The molecule has 5 rings (SSSR count). The van der Waals surface area contributed by atoms with Gasteiger partial charge < -0.3 is 4.90 Å². The van der Waals surface area contributed by atoms with Crippen molar-refractivity contribution in [2.24, 2.45) is 5.92 Å². The number of rotatable bonds is 5. The number of fused-ring (bicyclic) bond motifs is 2. The van der Waals surface area contributed by atoms with Crippen LogP contribution in [0.1, 0.15) is 48.8 Å². The van der Waals surface area contributed by atoms with E-state index in [9.17, 15) is 14.4 Å². The average molecular weight is 418 g/mol. The van der Waals surface area contributed by atoms with Gasteiger partial charge in [0, 0.05) is 37.8 Å². The van der Waals surface area contributed by atoms with Gasteiger partial charge in [0.25, 0.3) is 0 Å². The van der Waals surface area contributed by atoms with Gasteiger partial charge in [-0.15, -0.1) is 0 Å². The van der Waals surface area contributed by atoms with E-state index in [4.69, 9.17) is 0 Å². The smallest absolute Gasteiger partial charge is 0.241 e. The van der Waals surface area contributed by atoms with Gasteiger partial charge in [-0.05, 0) is 60.9 Å². The third kappa shape index (κ3) is 3.34. The van der Waals surface area contributed by atoms with E-state index in [1.165, 1.54) is 11.3 Å². The molecular formula is C25H27N3O3. The number of imide groups is 1. The number of hydrogen-bond donors (Lipinski definition) is 0. The van der Waals surface area contributed by atoms with E-state index in [1.807, 2.05) is 36.1 Å². The van der Waals surface area contributed by atoms with E-state index in [1.54, 1.807) is 24.5 Å². The quantitative estimate of drug-likeness (QED) is 0.702. The fraction of sp³-hybridized carbons (Fsp3) is 0.440. The summed E-state index contributed by atoms with van der Waals surface area (Å²) in [5.41, 5.74) is 1.45. The zero-order valence-corrected chi connectivity index (χ0v) is 17.8. The van der Waals surface area contributed by atoms with Crippen LogP contribution < -0.4 is 0 Å². The van der Waals surface area contributed by atoms with Crippen molar-refractivity contribution in [2.45, 2.75) is 57.0 Å². The molecule has 6 heteroatoms. The van der Waals surface area contributed by atoms with Gasteiger partial charge in [-0.1, -0.05) is 24.3 Å². The van der Waals surface area contributed by atoms with E-state index in [0.717, 1.165) is 36.1 Å². The summed E-state index contributed by atoms with van der Waals surface area (Å²) in [6.45, 7) is 2.94. The van der Waals surface area contributed by atoms with Crippen molar-refractivity contribution in [3.05, 3.63) is 65.5 Å². The second-order valence-electron chi connectivity index (χ2n) is 9.27. The Morgan fingerprint density at radius 3 is 2.58 bits per heavy atom. The second kappa shape index (κ2) is 7.59. The van der Waals surface area contributed by atoms with Gasteiger partial charge in [0.2, 0.25) is 17.7 Å². The molecule has 2 saturated heterocycles. The molecule has 3 fully saturated rings. The largest absolute Gasteiger partial charge is 0.339 e. The first-order valence-corrected chi connectivity index (χ1v) is 11.1. The maximum absolute atomic E-state index is 13.8. The Morgan fingerprint density at radius 2 is 1.90 bits per heavy atom. The maximum Gasteiger partial charge on any atom is 0.241 e. The number of likely N-dealkylation sites (tertiary alicyclic amines) is 2. The van der Waals surface area contributed by atoms with Crippen LogP contribution >= 0.6 is 0 Å². The number of aryl methyl sites for hydroxylation is 1. The molecule has 3 atom stereocenters. The summed E-state index contributed by atoms with van der Waals surface area (Å²) in [4.78, 5) is 47.6. The molecule has 1 aliphatic carbocycles. The number of aromatic nitrogens is 1. The molecule has 160 valence electrons. The summed E-state index contributed by atoms with van der Waals surface area (Å²) in [6, 6.07) is 11.6. The highest BCUT2D eigenvalue weighted by Gasteiger charge is 2.55. The lowest BCUT2D eigenvalue weighted by atomic mass is 9.73. The summed E-state index contributed by atoms with van der Waals surface area (Å²) in [6.07, 6.45) is 6.71. The fourth-order valence-electron chi connectivity index (χ4n) is 5.78. The highest BCUT2D eigenvalue weighted by atomic mass is 16.2. The molecule has 1 aromatic carbocycles. The minimum absolute atomic E-state index is 0.00219. The third-order valence-electron chi connectivity index (χ3n) is 7.34. The van der Waals surface area contributed by atoms with Gasteiger partial charge >= 0.3 is 0 Å². The third-order valence-corrected chi connectivity index (χ3v) is 7.34. The van der Waals surface area contributed by atoms with Gasteiger partial charge in [0.15, 0.2) is 0 Å². The van der Waals surface area contributed by atoms with Crippen LogP contribution in [0, 0.1) is 12.8 Å². The van der Waals surface area contributed by atoms with Crippen molar-refractivity contribution < 1.29 is 14.4 Å². The minimum Gasteiger partial charge on any atom is -0.339 e. The Labute approximate surface area is 182 Å². The molecule has 0 radical (unpaired) electrons. The number of benzene rings is 1. The Hall–Kier alpha value is -3.02. The molecule has 31 heavy (non-hydrogen) atoms. The molecule has 3 heterocycles. The molecule has 1 saturated carbocycles. The number of hydrogen-bond acceptors (Lipinski definition) is 4. The van der Waals surface area contributed by atoms with Crippen LogP contribution in [0.2, 0.25) is 0 Å². The molecule has 2 aromatic rings. The number of carbonyl (C=O) groups excluding carboxylic acids is 3. The van der Waals surface area contributed by atoms with Crippen molar-refractivity contribution in [2.75, 3.05) is 6.54 Å². The molecule has 3 amide bonds. The van der Waals surface area contributed by atoms with Crippen molar-refractivity contribution in [3.8, 4) is 0 Å². The normalized spacial score (nSPS) is 27.4. The molecule has 1 aromatic heterocycles. The zero-order chi connectivity index (χ0) is 21.6. The topological polar surface area (TPSA) is 70.6 Å². The Morgan fingerprint density at radius 1 is 1.13 bits per heavy atom.